The lowest BCUT2D eigenvalue weighted by molar-refractivity contribution is -0.0316. The van der Waals surface area contributed by atoms with Crippen molar-refractivity contribution in [1.29, 1.82) is 0 Å². The molecule has 3 atom stereocenters. The monoisotopic (exact) mass is 541 g/mol. The van der Waals surface area contributed by atoms with E-state index in [0.717, 1.165) is 50.4 Å². The molecule has 2 fully saturated rings. The third kappa shape index (κ3) is 7.70. The van der Waals surface area contributed by atoms with Crippen LogP contribution in [0.3, 0.4) is 0 Å². The van der Waals surface area contributed by atoms with Crippen LogP contribution in [0.2, 0.25) is 25.7 Å². The number of amides is 1. The Bertz CT molecular complexity index is 1000. The standard InChI is InChI=1S/C30H47N3O4Si/c1-23-19-27(28-15-16-31-33(28)22-36-17-18-38(3,4)5)29(32(20-23)30(34)35-2)21-37-26-13-11-25(12-14-26)24-9-7-6-8-10-24/h6-10,15-16,23,25-27,29H,11-14,17-22H2,1-5H3/t23-,25-,26+,27+,29-/m0/s1. The number of nitrogens with zero attached hydrogens (tertiary/aromatic N) is 3. The number of ether oxygens (including phenoxy) is 3. The molecule has 1 saturated carbocycles. The van der Waals surface area contributed by atoms with Crippen LogP contribution in [0, 0.1) is 5.92 Å². The molecule has 1 saturated heterocycles. The molecule has 4 rings (SSSR count). The van der Waals surface area contributed by atoms with Crippen molar-refractivity contribution in [3.63, 3.8) is 0 Å². The van der Waals surface area contributed by atoms with E-state index in [4.69, 9.17) is 14.2 Å². The van der Waals surface area contributed by atoms with Gasteiger partial charge in [0.2, 0.25) is 0 Å². The van der Waals surface area contributed by atoms with E-state index in [-0.39, 0.29) is 24.2 Å². The summed E-state index contributed by atoms with van der Waals surface area (Å²) in [5, 5.41) is 4.59. The number of hydrogen-bond donors (Lipinski definition) is 0. The number of rotatable bonds is 10. The Hall–Kier alpha value is -2.16. The predicted octanol–water partition coefficient (Wildman–Crippen LogP) is 6.50. The average molecular weight is 542 g/mol. The number of methoxy groups -OCH3 is 1. The van der Waals surface area contributed by atoms with E-state index in [2.05, 4.69) is 68.1 Å². The van der Waals surface area contributed by atoms with Crippen molar-refractivity contribution >= 4 is 14.2 Å². The van der Waals surface area contributed by atoms with Crippen molar-refractivity contribution in [2.45, 2.75) is 95.4 Å². The molecule has 8 heteroatoms. The topological polar surface area (TPSA) is 65.8 Å². The molecule has 1 aromatic carbocycles. The first-order valence-electron chi connectivity index (χ1n) is 14.4. The van der Waals surface area contributed by atoms with E-state index in [1.807, 2.05) is 15.8 Å². The number of piperidine rings is 1. The maximum Gasteiger partial charge on any atom is 0.409 e. The maximum atomic E-state index is 12.9. The Kier molecular flexibility index (Phi) is 10.1. The predicted molar refractivity (Wildman–Crippen MR) is 153 cm³/mol. The molecule has 2 aliphatic rings. The van der Waals surface area contributed by atoms with Gasteiger partial charge < -0.3 is 19.1 Å². The summed E-state index contributed by atoms with van der Waals surface area (Å²) in [4.78, 5) is 14.8. The number of hydrogen-bond acceptors (Lipinski definition) is 5. The second kappa shape index (κ2) is 13.3. The van der Waals surface area contributed by atoms with Crippen LogP contribution in [0.15, 0.2) is 42.6 Å². The summed E-state index contributed by atoms with van der Waals surface area (Å²) in [6, 6.07) is 13.9. The van der Waals surface area contributed by atoms with Crippen LogP contribution >= 0.6 is 0 Å². The number of carbonyl (C=O) groups excluding carboxylic acids is 1. The molecule has 0 unspecified atom stereocenters. The van der Waals surface area contributed by atoms with Gasteiger partial charge in [-0.1, -0.05) is 56.9 Å². The summed E-state index contributed by atoms with van der Waals surface area (Å²) in [5.41, 5.74) is 2.55. The number of carbonyl (C=O) groups is 1. The summed E-state index contributed by atoms with van der Waals surface area (Å²) < 4.78 is 19.8. The average Bonchev–Trinajstić information content (AvgIpc) is 3.38. The van der Waals surface area contributed by atoms with Crippen LogP contribution in [0.4, 0.5) is 4.79 Å². The van der Waals surface area contributed by atoms with Crippen LogP contribution in [0.25, 0.3) is 0 Å². The van der Waals surface area contributed by atoms with Gasteiger partial charge in [-0.2, -0.15) is 5.10 Å². The molecule has 38 heavy (non-hydrogen) atoms. The van der Waals surface area contributed by atoms with Gasteiger partial charge in [0.25, 0.3) is 0 Å². The molecule has 1 aromatic heterocycles. The molecular weight excluding hydrogens is 494 g/mol. The minimum atomic E-state index is -1.15. The molecule has 0 radical (unpaired) electrons. The fourth-order valence-corrected chi connectivity index (χ4v) is 6.78. The van der Waals surface area contributed by atoms with Crippen molar-refractivity contribution in [2.75, 3.05) is 26.9 Å². The molecule has 7 nitrogen and oxygen atoms in total. The zero-order valence-electron chi connectivity index (χ0n) is 24.0. The highest BCUT2D eigenvalue weighted by Crippen LogP contribution is 2.38. The Morgan fingerprint density at radius 3 is 2.50 bits per heavy atom. The van der Waals surface area contributed by atoms with E-state index in [9.17, 15) is 4.79 Å². The first kappa shape index (κ1) is 28.8. The van der Waals surface area contributed by atoms with Gasteiger partial charge in [0, 0.05) is 39.0 Å². The van der Waals surface area contributed by atoms with E-state index >= 15 is 0 Å². The van der Waals surface area contributed by atoms with Gasteiger partial charge in [0.05, 0.1) is 25.9 Å². The highest BCUT2D eigenvalue weighted by molar-refractivity contribution is 6.76. The van der Waals surface area contributed by atoms with Crippen molar-refractivity contribution in [3.05, 3.63) is 53.9 Å². The minimum absolute atomic E-state index is 0.0945. The second-order valence-electron chi connectivity index (χ2n) is 12.5. The zero-order valence-corrected chi connectivity index (χ0v) is 25.0. The van der Waals surface area contributed by atoms with Crippen LogP contribution in [-0.2, 0) is 20.9 Å². The number of likely N-dealkylation sites (tertiary alicyclic amines) is 1. The normalized spacial score (nSPS) is 26.3. The third-order valence-electron chi connectivity index (χ3n) is 8.23. The van der Waals surface area contributed by atoms with Crippen molar-refractivity contribution in [3.8, 4) is 0 Å². The molecule has 0 spiro atoms. The molecule has 0 bridgehead atoms. The van der Waals surface area contributed by atoms with Gasteiger partial charge in [-0.25, -0.2) is 9.48 Å². The van der Waals surface area contributed by atoms with E-state index < -0.39 is 8.07 Å². The van der Waals surface area contributed by atoms with Gasteiger partial charge in [-0.15, -0.1) is 0 Å². The van der Waals surface area contributed by atoms with Crippen LogP contribution in [0.5, 0.6) is 0 Å². The first-order valence-corrected chi connectivity index (χ1v) is 18.1. The van der Waals surface area contributed by atoms with Gasteiger partial charge in [0.15, 0.2) is 0 Å². The van der Waals surface area contributed by atoms with Crippen LogP contribution < -0.4 is 0 Å². The van der Waals surface area contributed by atoms with Crippen molar-refractivity contribution in [2.24, 2.45) is 5.92 Å². The lowest BCUT2D eigenvalue weighted by Crippen LogP contribution is -2.53. The van der Waals surface area contributed by atoms with Crippen molar-refractivity contribution in [1.82, 2.24) is 14.7 Å². The molecular formula is C30H47N3O4Si. The SMILES string of the molecule is COC(=O)N1C[C@@H](C)C[C@H](c2ccnn2COCC[Si](C)(C)C)[C@@H]1CO[C@H]1CC[C@@H](c2ccccc2)CC1. The fourth-order valence-electron chi connectivity index (χ4n) is 6.02. The summed E-state index contributed by atoms with van der Waals surface area (Å²) in [6.45, 7) is 11.7. The Balaban J connectivity index is 1.42. The Morgan fingerprint density at radius 2 is 1.82 bits per heavy atom. The summed E-state index contributed by atoms with van der Waals surface area (Å²) >= 11 is 0. The number of benzene rings is 1. The van der Waals surface area contributed by atoms with E-state index in [1.54, 1.807) is 0 Å². The van der Waals surface area contributed by atoms with Gasteiger partial charge >= 0.3 is 6.09 Å². The molecule has 210 valence electrons. The first-order chi connectivity index (χ1) is 18.2. The molecule has 2 aromatic rings. The van der Waals surface area contributed by atoms with Crippen LogP contribution in [-0.4, -0.2) is 67.9 Å². The highest BCUT2D eigenvalue weighted by atomic mass is 28.3. The summed E-state index contributed by atoms with van der Waals surface area (Å²) in [6.07, 6.45) is 7.15. The summed E-state index contributed by atoms with van der Waals surface area (Å²) in [7, 11) is 0.317. The van der Waals surface area contributed by atoms with Crippen LogP contribution in [0.1, 0.15) is 62.1 Å². The number of aromatic nitrogens is 2. The smallest absolute Gasteiger partial charge is 0.409 e. The minimum Gasteiger partial charge on any atom is -0.453 e. The molecule has 1 amide bonds. The Labute approximate surface area is 229 Å². The molecule has 1 aliphatic carbocycles. The third-order valence-corrected chi connectivity index (χ3v) is 9.93. The fraction of sp³-hybridized carbons (Fsp3) is 0.667. The van der Waals surface area contributed by atoms with E-state index in [1.165, 1.54) is 12.7 Å². The maximum absolute atomic E-state index is 12.9. The zero-order chi connectivity index (χ0) is 27.1. The van der Waals surface area contributed by atoms with Gasteiger partial charge in [-0.3, -0.25) is 0 Å². The highest BCUT2D eigenvalue weighted by Gasteiger charge is 2.40. The Morgan fingerprint density at radius 1 is 1.08 bits per heavy atom. The van der Waals surface area contributed by atoms with Gasteiger partial charge in [0.1, 0.15) is 6.73 Å². The molecule has 2 heterocycles. The molecule has 0 N–H and O–H groups in total. The summed E-state index contributed by atoms with van der Waals surface area (Å²) in [5.74, 6) is 1.08. The largest absolute Gasteiger partial charge is 0.453 e. The quantitative estimate of drug-likeness (QED) is 0.254. The van der Waals surface area contributed by atoms with Crippen molar-refractivity contribution < 1.29 is 19.0 Å². The van der Waals surface area contributed by atoms with Gasteiger partial charge in [-0.05, 0) is 61.6 Å². The molecule has 1 aliphatic heterocycles. The van der Waals surface area contributed by atoms with E-state index in [0.29, 0.717) is 31.7 Å². The lowest BCUT2D eigenvalue weighted by atomic mass is 9.81. The second-order valence-corrected chi connectivity index (χ2v) is 18.1. The lowest BCUT2D eigenvalue weighted by Gasteiger charge is -2.43.